The fourth-order valence-electron chi connectivity index (χ4n) is 5.17. The third kappa shape index (κ3) is 6.87. The van der Waals surface area contributed by atoms with Gasteiger partial charge in [-0.1, -0.05) is 0 Å². The highest BCUT2D eigenvalue weighted by Crippen LogP contribution is 2.44. The summed E-state index contributed by atoms with van der Waals surface area (Å²) in [6.45, 7) is 5.64. The van der Waals surface area contributed by atoms with E-state index in [0.29, 0.717) is 65.0 Å². The molecule has 8 nitrogen and oxygen atoms in total. The predicted molar refractivity (Wildman–Crippen MR) is 116 cm³/mol. The standard InChI is InChI=1S/C12H18F2O4.C12H19FO4/c1-2-16-10(15)12(13,14)9-3-5-11(6-4-9)17-7-8-18-11;1-2-15-11(14)10(13)9-3-5-12(6-4-9)16-7-8-17-12/h9H,2-8H2,1H3;9-10H,2-8H2,1H3. The number of carbonyl (C=O) groups is 2. The SMILES string of the molecule is CCOC(=O)C(F)(F)C1CCC2(CC1)OCCO2.CCOC(=O)C(F)C1CCC2(CC1)OCCO2. The average Bonchev–Trinajstić information content (AvgIpc) is 3.50. The van der Waals surface area contributed by atoms with E-state index >= 15 is 0 Å². The molecule has 35 heavy (non-hydrogen) atoms. The van der Waals surface area contributed by atoms with Crippen molar-refractivity contribution in [2.24, 2.45) is 11.8 Å². The van der Waals surface area contributed by atoms with Gasteiger partial charge in [0.05, 0.1) is 39.6 Å². The lowest BCUT2D eigenvalue weighted by Crippen LogP contribution is -2.44. The molecule has 4 aliphatic rings. The number of rotatable bonds is 6. The van der Waals surface area contributed by atoms with Crippen LogP contribution in [0.2, 0.25) is 0 Å². The van der Waals surface area contributed by atoms with Crippen molar-refractivity contribution in [2.75, 3.05) is 39.6 Å². The van der Waals surface area contributed by atoms with Crippen molar-refractivity contribution in [3.05, 3.63) is 0 Å². The lowest BCUT2D eigenvalue weighted by molar-refractivity contribution is -0.208. The van der Waals surface area contributed by atoms with Gasteiger partial charge in [-0.2, -0.15) is 8.78 Å². The van der Waals surface area contributed by atoms with Gasteiger partial charge in [0.15, 0.2) is 17.7 Å². The van der Waals surface area contributed by atoms with E-state index in [-0.39, 0.29) is 32.0 Å². The summed E-state index contributed by atoms with van der Waals surface area (Å²) in [4.78, 5) is 22.5. The van der Waals surface area contributed by atoms with Crippen molar-refractivity contribution in [2.45, 2.75) is 88.9 Å². The first-order valence-electron chi connectivity index (χ1n) is 12.6. The molecule has 0 radical (unpaired) electrons. The Morgan fingerprint density at radius 1 is 0.829 bits per heavy atom. The van der Waals surface area contributed by atoms with Gasteiger partial charge in [-0.05, 0) is 39.5 Å². The van der Waals surface area contributed by atoms with Gasteiger partial charge >= 0.3 is 17.9 Å². The molecule has 0 aromatic heterocycles. The van der Waals surface area contributed by atoms with Crippen molar-refractivity contribution in [3.63, 3.8) is 0 Å². The van der Waals surface area contributed by atoms with E-state index in [1.807, 2.05) is 0 Å². The molecule has 11 heteroatoms. The first kappa shape index (κ1) is 28.1. The topological polar surface area (TPSA) is 89.5 Å². The Kier molecular flexibility index (Phi) is 9.82. The summed E-state index contributed by atoms with van der Waals surface area (Å²) in [5, 5.41) is 0. The van der Waals surface area contributed by atoms with Crippen LogP contribution in [0, 0.1) is 11.8 Å². The van der Waals surface area contributed by atoms with E-state index in [2.05, 4.69) is 4.74 Å². The van der Waals surface area contributed by atoms with Crippen LogP contribution in [0.5, 0.6) is 0 Å². The van der Waals surface area contributed by atoms with Crippen LogP contribution < -0.4 is 0 Å². The highest BCUT2D eigenvalue weighted by Gasteiger charge is 2.53. The van der Waals surface area contributed by atoms with Gasteiger partial charge in [-0.3, -0.25) is 0 Å². The fraction of sp³-hybridized carbons (Fsp3) is 0.917. The van der Waals surface area contributed by atoms with E-state index < -0.39 is 41.5 Å². The molecule has 1 atom stereocenters. The smallest absolute Gasteiger partial charge is 0.377 e. The summed E-state index contributed by atoms with van der Waals surface area (Å²) in [5.74, 6) is -7.97. The summed E-state index contributed by atoms with van der Waals surface area (Å²) < 4.78 is 72.6. The van der Waals surface area contributed by atoms with E-state index in [4.69, 9.17) is 23.7 Å². The van der Waals surface area contributed by atoms with Crippen LogP contribution in [0.3, 0.4) is 0 Å². The van der Waals surface area contributed by atoms with Crippen LogP contribution in [0.15, 0.2) is 0 Å². The molecule has 4 rings (SSSR count). The first-order valence-corrected chi connectivity index (χ1v) is 12.6. The second-order valence-corrected chi connectivity index (χ2v) is 9.32. The zero-order valence-corrected chi connectivity index (χ0v) is 20.5. The number of halogens is 3. The molecule has 0 amide bonds. The van der Waals surface area contributed by atoms with Gasteiger partial charge in [0.2, 0.25) is 0 Å². The van der Waals surface area contributed by atoms with Gasteiger partial charge in [0.1, 0.15) is 0 Å². The highest BCUT2D eigenvalue weighted by molar-refractivity contribution is 5.78. The highest BCUT2D eigenvalue weighted by atomic mass is 19.3. The lowest BCUT2D eigenvalue weighted by atomic mass is 9.81. The number of hydrogen-bond donors (Lipinski definition) is 0. The van der Waals surface area contributed by atoms with Gasteiger partial charge in [0.25, 0.3) is 0 Å². The zero-order valence-electron chi connectivity index (χ0n) is 20.5. The van der Waals surface area contributed by atoms with E-state index in [9.17, 15) is 22.8 Å². The molecule has 0 bridgehead atoms. The van der Waals surface area contributed by atoms with Crippen molar-refractivity contribution in [3.8, 4) is 0 Å². The minimum atomic E-state index is -3.41. The molecule has 2 heterocycles. The van der Waals surface area contributed by atoms with Crippen molar-refractivity contribution in [1.82, 2.24) is 0 Å². The Bertz CT molecular complexity index is 687. The fourth-order valence-corrected chi connectivity index (χ4v) is 5.17. The molecular formula is C24H37F3O8. The maximum atomic E-state index is 13.8. The molecule has 4 fully saturated rings. The molecule has 1 unspecified atom stereocenters. The monoisotopic (exact) mass is 510 g/mol. The second kappa shape index (κ2) is 12.2. The van der Waals surface area contributed by atoms with E-state index in [0.717, 1.165) is 0 Å². The summed E-state index contributed by atoms with van der Waals surface area (Å²) in [6, 6.07) is 0. The van der Waals surface area contributed by atoms with Crippen LogP contribution >= 0.6 is 0 Å². The minimum Gasteiger partial charge on any atom is -0.464 e. The summed E-state index contributed by atoms with van der Waals surface area (Å²) in [7, 11) is 0. The van der Waals surface area contributed by atoms with Crippen molar-refractivity contribution >= 4 is 11.9 Å². The molecule has 0 aromatic carbocycles. The third-order valence-electron chi connectivity index (χ3n) is 7.15. The molecule has 2 aliphatic heterocycles. The molecule has 0 aromatic rings. The normalized spacial score (nSPS) is 26.7. The largest absolute Gasteiger partial charge is 0.464 e. The van der Waals surface area contributed by atoms with Gasteiger partial charge < -0.3 is 28.4 Å². The molecule has 2 saturated carbocycles. The van der Waals surface area contributed by atoms with E-state index in [1.54, 1.807) is 6.92 Å². The van der Waals surface area contributed by atoms with Gasteiger partial charge in [-0.15, -0.1) is 0 Å². The van der Waals surface area contributed by atoms with Crippen LogP contribution in [-0.4, -0.2) is 75.2 Å². The lowest BCUT2D eigenvalue weighted by Gasteiger charge is -2.37. The van der Waals surface area contributed by atoms with Gasteiger partial charge in [0, 0.05) is 37.5 Å². The number of hydrogen-bond acceptors (Lipinski definition) is 8. The van der Waals surface area contributed by atoms with Crippen molar-refractivity contribution < 1.29 is 51.2 Å². The van der Waals surface area contributed by atoms with Crippen LogP contribution in [-0.2, 0) is 38.0 Å². The number of ether oxygens (including phenoxy) is 6. The maximum Gasteiger partial charge on any atom is 0.377 e. The summed E-state index contributed by atoms with van der Waals surface area (Å²) in [5.41, 5.74) is 0. The van der Waals surface area contributed by atoms with Crippen LogP contribution in [0.25, 0.3) is 0 Å². The third-order valence-corrected chi connectivity index (χ3v) is 7.15. The predicted octanol–water partition coefficient (Wildman–Crippen LogP) is 3.94. The number of alkyl halides is 3. The zero-order chi connectivity index (χ0) is 25.5. The minimum absolute atomic E-state index is 0.0305. The average molecular weight is 511 g/mol. The quantitative estimate of drug-likeness (QED) is 0.497. The summed E-state index contributed by atoms with van der Waals surface area (Å²) >= 11 is 0. The molecule has 202 valence electrons. The first-order chi connectivity index (χ1) is 16.7. The molecule has 2 aliphatic carbocycles. The molecule has 0 N–H and O–H groups in total. The van der Waals surface area contributed by atoms with Crippen LogP contribution in [0.1, 0.15) is 65.2 Å². The Hall–Kier alpha value is -1.43. The van der Waals surface area contributed by atoms with Gasteiger partial charge in [-0.25, -0.2) is 14.0 Å². The number of esters is 2. The Labute approximate surface area is 204 Å². The Balaban J connectivity index is 0.000000196. The van der Waals surface area contributed by atoms with Crippen LogP contribution in [0.4, 0.5) is 13.2 Å². The molecule has 2 saturated heterocycles. The Morgan fingerprint density at radius 3 is 1.69 bits per heavy atom. The number of carbonyl (C=O) groups excluding carboxylic acids is 2. The molecule has 2 spiro atoms. The second-order valence-electron chi connectivity index (χ2n) is 9.32. The van der Waals surface area contributed by atoms with E-state index in [1.165, 1.54) is 6.92 Å². The Morgan fingerprint density at radius 2 is 1.26 bits per heavy atom. The maximum absolute atomic E-state index is 13.8. The molecular weight excluding hydrogens is 473 g/mol. The summed E-state index contributed by atoms with van der Waals surface area (Å²) in [6.07, 6.45) is 2.29. The van der Waals surface area contributed by atoms with Crippen molar-refractivity contribution in [1.29, 1.82) is 0 Å².